The number of piperidine rings is 1. The van der Waals surface area contributed by atoms with Crippen molar-refractivity contribution < 1.29 is 9.50 Å². The molecule has 0 spiro atoms. The summed E-state index contributed by atoms with van der Waals surface area (Å²) in [6, 6.07) is 2.91. The average Bonchev–Trinajstić information content (AvgIpc) is 2.96. The number of halogens is 2. The summed E-state index contributed by atoms with van der Waals surface area (Å²) in [6.45, 7) is 9.79. The second-order valence-corrected chi connectivity index (χ2v) is 10.6. The highest BCUT2D eigenvalue weighted by Gasteiger charge is 2.25. The van der Waals surface area contributed by atoms with Crippen LogP contribution in [0.25, 0.3) is 11.0 Å². The van der Waals surface area contributed by atoms with Crippen LogP contribution >= 0.6 is 11.6 Å². The number of rotatable bonds is 6. The Morgan fingerprint density at radius 3 is 2.56 bits per heavy atom. The average molecular weight is 491 g/mol. The van der Waals surface area contributed by atoms with Gasteiger partial charge in [0.15, 0.2) is 5.82 Å². The fourth-order valence-corrected chi connectivity index (χ4v) is 4.81. The van der Waals surface area contributed by atoms with Crippen LogP contribution in [0.15, 0.2) is 23.1 Å². The van der Waals surface area contributed by atoms with Gasteiger partial charge in [0.05, 0.1) is 28.5 Å². The highest BCUT2D eigenvalue weighted by atomic mass is 35.5. The Morgan fingerprint density at radius 2 is 1.91 bits per heavy atom. The van der Waals surface area contributed by atoms with Crippen molar-refractivity contribution in [3.05, 3.63) is 39.7 Å². The van der Waals surface area contributed by atoms with E-state index in [1.165, 1.54) is 16.8 Å². The zero-order valence-electron chi connectivity index (χ0n) is 20.3. The summed E-state index contributed by atoms with van der Waals surface area (Å²) in [5.74, 6) is 1.38. The fraction of sp³-hybridized carbons (Fsp3) is 0.542. The maximum Gasteiger partial charge on any atom is 0.328 e. The molecule has 4 rings (SSSR count). The van der Waals surface area contributed by atoms with Gasteiger partial charge < -0.3 is 15.3 Å². The number of nitrogens with one attached hydrogen (secondary N) is 1. The minimum absolute atomic E-state index is 0.155. The van der Waals surface area contributed by atoms with Gasteiger partial charge in [-0.3, -0.25) is 9.13 Å². The predicted molar refractivity (Wildman–Crippen MR) is 134 cm³/mol. The normalized spacial score (nSPS) is 19.1. The Morgan fingerprint density at radius 1 is 1.24 bits per heavy atom. The summed E-state index contributed by atoms with van der Waals surface area (Å²) in [4.78, 5) is 23.9. The second kappa shape index (κ2) is 9.19. The molecule has 0 saturated carbocycles. The molecule has 1 aliphatic rings. The van der Waals surface area contributed by atoms with E-state index in [0.717, 1.165) is 19.5 Å². The maximum atomic E-state index is 15.1. The monoisotopic (exact) mass is 490 g/mol. The third kappa shape index (κ3) is 5.05. The Balaban J connectivity index is 1.69. The third-order valence-corrected chi connectivity index (χ3v) is 6.59. The smallest absolute Gasteiger partial charge is 0.328 e. The lowest BCUT2D eigenvalue weighted by molar-refractivity contribution is 0.0662. The SMILES string of the molecule is C[C@@H]1C[C@H](C)CN(c2ncc(Cl)c(Nc3cc4c(cc3F)n(C)c(=O)n4CCC(C)(C)O)n2)C1. The fourth-order valence-electron chi connectivity index (χ4n) is 4.67. The van der Waals surface area contributed by atoms with Crippen molar-refractivity contribution in [2.24, 2.45) is 18.9 Å². The summed E-state index contributed by atoms with van der Waals surface area (Å²) < 4.78 is 18.0. The van der Waals surface area contributed by atoms with Crippen molar-refractivity contribution in [2.75, 3.05) is 23.3 Å². The summed E-state index contributed by atoms with van der Waals surface area (Å²) in [5.41, 5.74) is -0.0235. The van der Waals surface area contributed by atoms with E-state index in [-0.39, 0.29) is 16.4 Å². The van der Waals surface area contributed by atoms with E-state index >= 15 is 4.39 Å². The lowest BCUT2D eigenvalue weighted by Crippen LogP contribution is -2.39. The lowest BCUT2D eigenvalue weighted by Gasteiger charge is -2.35. The van der Waals surface area contributed by atoms with Crippen LogP contribution in [0.2, 0.25) is 5.02 Å². The van der Waals surface area contributed by atoms with Crippen molar-refractivity contribution in [1.29, 1.82) is 0 Å². The molecule has 1 aromatic carbocycles. The van der Waals surface area contributed by atoms with E-state index in [0.29, 0.717) is 47.6 Å². The van der Waals surface area contributed by atoms with Crippen LogP contribution in [0.5, 0.6) is 0 Å². The van der Waals surface area contributed by atoms with Crippen molar-refractivity contribution in [3.8, 4) is 0 Å². The van der Waals surface area contributed by atoms with Crippen molar-refractivity contribution in [1.82, 2.24) is 19.1 Å². The second-order valence-electron chi connectivity index (χ2n) is 10.2. The standard InChI is InChI=1S/C24H32ClFN6O2/c1-14-8-15(2)13-31(12-14)22-27-11-16(25)21(29-22)28-18-10-20-19(9-17(18)26)30(5)23(33)32(20)7-6-24(3,4)34/h9-11,14-15,34H,6-8,12-13H2,1-5H3,(H,27,28,29)/t14-,15+. The summed E-state index contributed by atoms with van der Waals surface area (Å²) in [7, 11) is 1.60. The number of aryl methyl sites for hydroxylation is 2. The Labute approximate surface area is 203 Å². The number of aromatic nitrogens is 4. The number of aliphatic hydroxyl groups is 1. The highest BCUT2D eigenvalue weighted by Crippen LogP contribution is 2.31. The Kier molecular flexibility index (Phi) is 6.61. The van der Waals surface area contributed by atoms with Gasteiger partial charge in [0.1, 0.15) is 10.8 Å². The Bertz CT molecular complexity index is 1260. The number of hydrogen-bond donors (Lipinski definition) is 2. The van der Waals surface area contributed by atoms with Gasteiger partial charge in [0.25, 0.3) is 0 Å². The van der Waals surface area contributed by atoms with Crippen LogP contribution in [0.3, 0.4) is 0 Å². The number of fused-ring (bicyclic) bond motifs is 1. The minimum Gasteiger partial charge on any atom is -0.390 e. The molecule has 0 aliphatic carbocycles. The van der Waals surface area contributed by atoms with E-state index < -0.39 is 11.4 Å². The van der Waals surface area contributed by atoms with Gasteiger partial charge in [-0.25, -0.2) is 14.2 Å². The van der Waals surface area contributed by atoms with E-state index in [9.17, 15) is 9.90 Å². The highest BCUT2D eigenvalue weighted by molar-refractivity contribution is 6.32. The number of benzene rings is 1. The molecule has 2 atom stereocenters. The van der Waals surface area contributed by atoms with Crippen molar-refractivity contribution in [2.45, 2.75) is 52.7 Å². The summed E-state index contributed by atoms with van der Waals surface area (Å²) >= 11 is 6.36. The Hall–Kier alpha value is -2.65. The molecule has 0 unspecified atom stereocenters. The third-order valence-electron chi connectivity index (χ3n) is 6.32. The molecule has 2 aromatic heterocycles. The van der Waals surface area contributed by atoms with Crippen LogP contribution in [0.1, 0.15) is 40.5 Å². The minimum atomic E-state index is -0.933. The first-order valence-corrected chi connectivity index (χ1v) is 12.0. The van der Waals surface area contributed by atoms with Crippen LogP contribution < -0.4 is 15.9 Å². The molecule has 3 heterocycles. The molecule has 0 radical (unpaired) electrons. The molecule has 8 nitrogen and oxygen atoms in total. The lowest BCUT2D eigenvalue weighted by atomic mass is 9.92. The van der Waals surface area contributed by atoms with Crippen LogP contribution in [-0.2, 0) is 13.6 Å². The zero-order chi connectivity index (χ0) is 24.8. The largest absolute Gasteiger partial charge is 0.390 e. The van der Waals surface area contributed by atoms with Gasteiger partial charge >= 0.3 is 5.69 Å². The van der Waals surface area contributed by atoms with E-state index in [4.69, 9.17) is 11.6 Å². The molecule has 1 saturated heterocycles. The van der Waals surface area contributed by atoms with Gasteiger partial charge in [-0.2, -0.15) is 4.98 Å². The van der Waals surface area contributed by atoms with E-state index in [1.807, 2.05) is 0 Å². The van der Waals surface area contributed by atoms with Gasteiger partial charge in [-0.1, -0.05) is 25.4 Å². The van der Waals surface area contributed by atoms with Crippen LogP contribution in [0.4, 0.5) is 21.8 Å². The molecule has 184 valence electrons. The first-order valence-electron chi connectivity index (χ1n) is 11.6. The quantitative estimate of drug-likeness (QED) is 0.535. The zero-order valence-corrected chi connectivity index (χ0v) is 21.0. The first-order chi connectivity index (χ1) is 15.9. The molecule has 0 amide bonds. The van der Waals surface area contributed by atoms with E-state index in [1.54, 1.807) is 31.5 Å². The number of anilines is 3. The summed E-state index contributed by atoms with van der Waals surface area (Å²) in [5, 5.41) is 13.4. The molecular formula is C24H32ClFN6O2. The van der Waals surface area contributed by atoms with Gasteiger partial charge in [-0.15, -0.1) is 0 Å². The molecule has 3 aromatic rings. The van der Waals surface area contributed by atoms with Gasteiger partial charge in [-0.05, 0) is 44.6 Å². The number of nitrogens with zero attached hydrogens (tertiary/aromatic N) is 5. The van der Waals surface area contributed by atoms with Crippen molar-refractivity contribution >= 4 is 40.1 Å². The maximum absolute atomic E-state index is 15.1. The topological polar surface area (TPSA) is 88.2 Å². The molecule has 1 fully saturated rings. The van der Waals surface area contributed by atoms with Gasteiger partial charge in [0, 0.05) is 32.7 Å². The molecule has 10 heteroatoms. The van der Waals surface area contributed by atoms with Crippen molar-refractivity contribution in [3.63, 3.8) is 0 Å². The molecular weight excluding hydrogens is 459 g/mol. The van der Waals surface area contributed by atoms with Crippen LogP contribution in [0, 0.1) is 17.7 Å². The van der Waals surface area contributed by atoms with Crippen LogP contribution in [-0.4, -0.2) is 42.9 Å². The number of imidazole rings is 1. The van der Waals surface area contributed by atoms with E-state index in [2.05, 4.69) is 34.0 Å². The predicted octanol–water partition coefficient (Wildman–Crippen LogP) is 4.31. The molecule has 2 N–H and O–H groups in total. The molecule has 34 heavy (non-hydrogen) atoms. The number of hydrogen-bond acceptors (Lipinski definition) is 6. The molecule has 1 aliphatic heterocycles. The summed E-state index contributed by atoms with van der Waals surface area (Å²) in [6.07, 6.45) is 3.06. The first kappa shape index (κ1) is 24.5. The molecule has 0 bridgehead atoms. The van der Waals surface area contributed by atoms with Gasteiger partial charge in [0.2, 0.25) is 5.95 Å².